The molecule has 2 amide bonds. The first-order chi connectivity index (χ1) is 17.9. The Morgan fingerprint density at radius 3 is 2.19 bits per heavy atom. The van der Waals surface area contributed by atoms with Crippen LogP contribution in [0.1, 0.15) is 38.7 Å². The van der Waals surface area contributed by atoms with Crippen molar-refractivity contribution >= 4 is 17.6 Å². The number of carbonyl (C=O) groups excluding carboxylic acids is 2. The second-order valence-corrected chi connectivity index (χ2v) is 9.15. The molecule has 8 nitrogen and oxygen atoms in total. The highest BCUT2D eigenvalue weighted by Crippen LogP contribution is 2.11. The number of carbonyl (C=O) groups is 2. The zero-order valence-corrected chi connectivity index (χ0v) is 22.9. The Morgan fingerprint density at radius 2 is 1.68 bits per heavy atom. The molecule has 1 aromatic rings. The lowest BCUT2D eigenvalue weighted by Gasteiger charge is -2.35. The van der Waals surface area contributed by atoms with Gasteiger partial charge in [-0.3, -0.25) is 9.59 Å². The van der Waals surface area contributed by atoms with Gasteiger partial charge in [0, 0.05) is 38.3 Å². The molecule has 202 valence electrons. The van der Waals surface area contributed by atoms with Gasteiger partial charge in [0.05, 0.1) is 7.11 Å². The Balaban J connectivity index is 0.000000700. The zero-order valence-electron chi connectivity index (χ0n) is 22.9. The van der Waals surface area contributed by atoms with Crippen molar-refractivity contribution in [3.63, 3.8) is 0 Å². The molecular formula is C29H43N5O3. The molecule has 0 unspecified atom stereocenters. The number of allylic oxidation sites excluding steroid dienone is 1. The van der Waals surface area contributed by atoms with Gasteiger partial charge in [-0.1, -0.05) is 43.8 Å². The van der Waals surface area contributed by atoms with Crippen LogP contribution in [0, 0.1) is 0 Å². The largest absolute Gasteiger partial charge is 0.481 e. The average molecular weight is 510 g/mol. The van der Waals surface area contributed by atoms with Gasteiger partial charge in [-0.2, -0.15) is 4.99 Å². The number of nitrogens with zero attached hydrogens (tertiary/aromatic N) is 4. The summed E-state index contributed by atoms with van der Waals surface area (Å²) in [6.45, 7) is 12.8. The number of methoxy groups -OCH3 is 1. The first-order valence-corrected chi connectivity index (χ1v) is 13.1. The Kier molecular flexibility index (Phi) is 13.2. The Bertz CT molecular complexity index is 957. The third kappa shape index (κ3) is 10.6. The Morgan fingerprint density at radius 1 is 1.05 bits per heavy atom. The van der Waals surface area contributed by atoms with Crippen LogP contribution in [0.15, 0.2) is 71.6 Å². The predicted octanol–water partition coefficient (Wildman–Crippen LogP) is 3.59. The molecule has 0 aliphatic carbocycles. The number of hydrogen-bond acceptors (Lipinski definition) is 5. The van der Waals surface area contributed by atoms with E-state index in [1.807, 2.05) is 43.3 Å². The van der Waals surface area contributed by atoms with E-state index in [0.717, 1.165) is 12.0 Å². The molecule has 0 saturated carbocycles. The van der Waals surface area contributed by atoms with Crippen LogP contribution < -0.4 is 5.32 Å². The molecule has 0 bridgehead atoms. The van der Waals surface area contributed by atoms with Gasteiger partial charge in [-0.25, -0.2) is 0 Å². The molecule has 2 heterocycles. The van der Waals surface area contributed by atoms with Gasteiger partial charge in [-0.15, -0.1) is 0 Å². The molecule has 37 heavy (non-hydrogen) atoms. The third-order valence-corrected chi connectivity index (χ3v) is 6.23. The fourth-order valence-electron chi connectivity index (χ4n) is 3.99. The lowest BCUT2D eigenvalue weighted by Crippen LogP contribution is -2.50. The predicted molar refractivity (Wildman–Crippen MR) is 150 cm³/mol. The van der Waals surface area contributed by atoms with Crippen LogP contribution in [-0.2, 0) is 20.9 Å². The third-order valence-electron chi connectivity index (χ3n) is 6.23. The highest BCUT2D eigenvalue weighted by molar-refractivity contribution is 6.03. The lowest BCUT2D eigenvalue weighted by molar-refractivity contribution is -0.127. The average Bonchev–Trinajstić information content (AvgIpc) is 3.42. The number of aliphatic imine (C=N–C) groups is 1. The smallest absolute Gasteiger partial charge is 0.247 e. The summed E-state index contributed by atoms with van der Waals surface area (Å²) in [5.41, 5.74) is 1.58. The topological polar surface area (TPSA) is 77.5 Å². The summed E-state index contributed by atoms with van der Waals surface area (Å²) < 4.78 is 5.38. The monoisotopic (exact) mass is 509 g/mol. The van der Waals surface area contributed by atoms with Crippen molar-refractivity contribution in [2.75, 3.05) is 53.4 Å². The van der Waals surface area contributed by atoms with Crippen LogP contribution >= 0.6 is 0 Å². The highest BCUT2D eigenvalue weighted by atomic mass is 16.5. The molecule has 0 atom stereocenters. The van der Waals surface area contributed by atoms with E-state index >= 15 is 0 Å². The number of nitrogens with one attached hydrogen (secondary N) is 1. The fraction of sp³-hybridized carbons (Fsp3) is 0.483. The van der Waals surface area contributed by atoms with Crippen molar-refractivity contribution in [3.05, 3.63) is 72.2 Å². The summed E-state index contributed by atoms with van der Waals surface area (Å²) in [6.07, 6.45) is 8.59. The second-order valence-electron chi connectivity index (χ2n) is 9.15. The van der Waals surface area contributed by atoms with Crippen molar-refractivity contribution < 1.29 is 14.3 Å². The number of hydrogen-bond donors (Lipinski definition) is 1. The summed E-state index contributed by atoms with van der Waals surface area (Å²) in [4.78, 5) is 35.3. The molecule has 1 aromatic carbocycles. The van der Waals surface area contributed by atoms with Crippen LogP contribution in [0.25, 0.3) is 0 Å². The van der Waals surface area contributed by atoms with E-state index in [-0.39, 0.29) is 11.8 Å². The molecule has 2 aliphatic rings. The summed E-state index contributed by atoms with van der Waals surface area (Å²) in [5, 5.41) is 2.94. The maximum Gasteiger partial charge on any atom is 0.247 e. The highest BCUT2D eigenvalue weighted by Gasteiger charge is 2.22. The number of piperazine rings is 1. The van der Waals surface area contributed by atoms with Crippen LogP contribution in [0.4, 0.5) is 0 Å². The van der Waals surface area contributed by atoms with Crippen molar-refractivity contribution in [2.24, 2.45) is 4.99 Å². The van der Waals surface area contributed by atoms with E-state index in [0.29, 0.717) is 50.0 Å². The van der Waals surface area contributed by atoms with Crippen LogP contribution in [0.3, 0.4) is 0 Å². The molecule has 2 fully saturated rings. The van der Waals surface area contributed by atoms with E-state index in [2.05, 4.69) is 33.7 Å². The molecule has 0 radical (unpaired) electrons. The summed E-state index contributed by atoms with van der Waals surface area (Å²) in [5.74, 6) is 0.902. The minimum absolute atomic E-state index is 0.0754. The van der Waals surface area contributed by atoms with E-state index in [4.69, 9.17) is 4.74 Å². The van der Waals surface area contributed by atoms with E-state index in [1.165, 1.54) is 32.0 Å². The van der Waals surface area contributed by atoms with Crippen molar-refractivity contribution in [1.29, 1.82) is 0 Å². The van der Waals surface area contributed by atoms with Gasteiger partial charge >= 0.3 is 0 Å². The normalized spacial score (nSPS) is 17.1. The van der Waals surface area contributed by atoms with Gasteiger partial charge in [0.2, 0.25) is 17.7 Å². The maximum absolute atomic E-state index is 12.6. The Hall–Kier alpha value is -3.39. The van der Waals surface area contributed by atoms with E-state index in [9.17, 15) is 9.59 Å². The number of amidine groups is 1. The molecule has 2 aliphatic heterocycles. The van der Waals surface area contributed by atoms with Gasteiger partial charge in [0.1, 0.15) is 5.84 Å². The van der Waals surface area contributed by atoms with Crippen molar-refractivity contribution in [3.8, 4) is 0 Å². The first kappa shape index (κ1) is 29.8. The van der Waals surface area contributed by atoms with Gasteiger partial charge in [0.25, 0.3) is 0 Å². The van der Waals surface area contributed by atoms with Crippen molar-refractivity contribution in [1.82, 2.24) is 20.0 Å². The molecule has 0 spiro atoms. The molecule has 1 N–H and O–H groups in total. The number of benzene rings is 1. The van der Waals surface area contributed by atoms with E-state index < -0.39 is 0 Å². The molecule has 2 saturated heterocycles. The minimum Gasteiger partial charge on any atom is -0.481 e. The fourth-order valence-corrected chi connectivity index (χ4v) is 3.99. The summed E-state index contributed by atoms with van der Waals surface area (Å²) in [7, 11) is 3.75. The standard InChI is InChI=1S/C24H32N4O3.C5H11N/c1-5-10-22(31-4)26-21(27-13-15-28(16-14-27)23(29)6-2)17-19(3)24(30)25-18-20-11-8-7-9-12-20;1-6-4-2-3-5-6/h6-12,17H,2,5,13-16,18H2,1,3-4H3,(H,25,30);2-5H2,1H3/b19-17+,22-10-,26-21+;. The molecule has 8 heteroatoms. The zero-order chi connectivity index (χ0) is 27.0. The van der Waals surface area contributed by atoms with Gasteiger partial charge in [-0.05, 0) is 70.1 Å². The molecule has 3 rings (SSSR count). The van der Waals surface area contributed by atoms with E-state index in [1.54, 1.807) is 25.0 Å². The first-order valence-electron chi connectivity index (χ1n) is 13.1. The summed E-state index contributed by atoms with van der Waals surface area (Å²) in [6, 6.07) is 9.77. The van der Waals surface area contributed by atoms with Gasteiger partial charge < -0.3 is 24.8 Å². The van der Waals surface area contributed by atoms with Crippen LogP contribution in [0.2, 0.25) is 0 Å². The lowest BCUT2D eigenvalue weighted by atomic mass is 10.2. The molecular weight excluding hydrogens is 466 g/mol. The Labute approximate surface area is 222 Å². The summed E-state index contributed by atoms with van der Waals surface area (Å²) >= 11 is 0. The number of amides is 2. The minimum atomic E-state index is -0.157. The number of ether oxygens (including phenoxy) is 1. The second kappa shape index (κ2) is 16.4. The van der Waals surface area contributed by atoms with Crippen LogP contribution in [0.5, 0.6) is 0 Å². The number of likely N-dealkylation sites (tertiary alicyclic amines) is 1. The number of rotatable bonds is 8. The maximum atomic E-state index is 12.6. The van der Waals surface area contributed by atoms with Crippen molar-refractivity contribution in [2.45, 2.75) is 39.7 Å². The van der Waals surface area contributed by atoms with Gasteiger partial charge in [0.15, 0.2) is 0 Å². The quantitative estimate of drug-likeness (QED) is 0.251. The molecule has 0 aromatic heterocycles. The SMILES string of the molecule is C=CC(=O)N1CCN(C(/C=C(\C)C(=O)NCc2ccccc2)=N/C(=C/CC)OC)CC1.CN1CCCC1. The van der Waals surface area contributed by atoms with Crippen LogP contribution in [-0.4, -0.2) is 85.8 Å².